The fraction of sp³-hybridized carbons (Fsp3) is 0.462. The number of hydrogen-bond acceptors (Lipinski definition) is 7. The van der Waals surface area contributed by atoms with Gasteiger partial charge in [-0.1, -0.05) is 24.3 Å². The Labute approximate surface area is 195 Å². The minimum Gasteiger partial charge on any atom is -0.504 e. The average molecular weight is 448 g/mol. The van der Waals surface area contributed by atoms with Crippen molar-refractivity contribution in [2.75, 3.05) is 31.4 Å². The summed E-state index contributed by atoms with van der Waals surface area (Å²) in [5.41, 5.74) is 2.25. The lowest BCUT2D eigenvalue weighted by Crippen LogP contribution is -2.31. The molecule has 0 amide bonds. The standard InChI is InChI=1S/C26H33N5O2/c1-31(2)24-19-8-4-5-9-20(19)29-25(30-24)28-18-11-13-26(14-12-18)15-22(26)27-16-17-7-6-10-21(33-3)23(17)32/h4-10,18,22,27,32H,11-16H2,1-3H3,(H,28,29,30)/t18?,22-,26?/m1/s1. The van der Waals surface area contributed by atoms with Gasteiger partial charge in [-0.25, -0.2) is 4.98 Å². The molecule has 2 fully saturated rings. The summed E-state index contributed by atoms with van der Waals surface area (Å²) in [6.45, 7) is 0.662. The molecule has 1 heterocycles. The van der Waals surface area contributed by atoms with Crippen LogP contribution in [0.15, 0.2) is 42.5 Å². The largest absolute Gasteiger partial charge is 0.504 e. The number of aromatic nitrogens is 2. The molecule has 0 bridgehead atoms. The number of hydrogen-bond donors (Lipinski definition) is 3. The molecule has 2 aliphatic rings. The number of anilines is 2. The van der Waals surface area contributed by atoms with Crippen LogP contribution in [0.4, 0.5) is 11.8 Å². The van der Waals surface area contributed by atoms with Gasteiger partial charge in [-0.05, 0) is 55.7 Å². The Morgan fingerprint density at radius 1 is 1.09 bits per heavy atom. The third-order valence-electron chi connectivity index (χ3n) is 7.35. The molecule has 1 spiro atoms. The Morgan fingerprint density at radius 2 is 1.88 bits per heavy atom. The molecule has 0 unspecified atom stereocenters. The molecule has 3 aromatic rings. The van der Waals surface area contributed by atoms with Gasteiger partial charge in [0.25, 0.3) is 0 Å². The maximum atomic E-state index is 10.3. The van der Waals surface area contributed by atoms with Crippen LogP contribution >= 0.6 is 0 Å². The summed E-state index contributed by atoms with van der Waals surface area (Å²) < 4.78 is 5.22. The Kier molecular flexibility index (Phi) is 5.74. The van der Waals surface area contributed by atoms with E-state index in [0.717, 1.165) is 41.1 Å². The SMILES string of the molecule is COc1cccc(CN[C@@H]2CC23CCC(Nc2nc(N(C)C)c4ccccc4n2)CC3)c1O. The van der Waals surface area contributed by atoms with E-state index in [0.29, 0.717) is 29.8 Å². The van der Waals surface area contributed by atoms with Crippen LogP contribution in [0.5, 0.6) is 11.5 Å². The van der Waals surface area contributed by atoms with Gasteiger partial charge in [0, 0.05) is 43.7 Å². The molecule has 174 valence electrons. The minimum atomic E-state index is 0.239. The van der Waals surface area contributed by atoms with Crippen LogP contribution in [-0.2, 0) is 6.54 Å². The van der Waals surface area contributed by atoms with Gasteiger partial charge < -0.3 is 25.4 Å². The van der Waals surface area contributed by atoms with Gasteiger partial charge in [-0.15, -0.1) is 0 Å². The van der Waals surface area contributed by atoms with Crippen LogP contribution in [0.1, 0.15) is 37.7 Å². The van der Waals surface area contributed by atoms with Gasteiger partial charge in [0.15, 0.2) is 11.5 Å². The van der Waals surface area contributed by atoms with Gasteiger partial charge in [0.1, 0.15) is 5.82 Å². The predicted molar refractivity (Wildman–Crippen MR) is 132 cm³/mol. The summed E-state index contributed by atoms with van der Waals surface area (Å²) >= 11 is 0. The fourth-order valence-corrected chi connectivity index (χ4v) is 5.28. The number of phenols is 1. The highest BCUT2D eigenvalue weighted by Crippen LogP contribution is 2.56. The molecule has 2 aromatic carbocycles. The highest BCUT2D eigenvalue weighted by molar-refractivity contribution is 5.90. The van der Waals surface area contributed by atoms with Crippen molar-refractivity contribution in [3.8, 4) is 11.5 Å². The number of fused-ring (bicyclic) bond motifs is 1. The zero-order chi connectivity index (χ0) is 23.0. The first-order valence-corrected chi connectivity index (χ1v) is 11.8. The summed E-state index contributed by atoms with van der Waals surface area (Å²) in [5, 5.41) is 18.7. The summed E-state index contributed by atoms with van der Waals surface area (Å²) in [5.74, 6) is 2.43. The zero-order valence-corrected chi connectivity index (χ0v) is 19.6. The Balaban J connectivity index is 1.18. The van der Waals surface area contributed by atoms with Crippen molar-refractivity contribution < 1.29 is 9.84 Å². The summed E-state index contributed by atoms with van der Waals surface area (Å²) in [4.78, 5) is 11.6. The zero-order valence-electron chi connectivity index (χ0n) is 19.6. The third-order valence-corrected chi connectivity index (χ3v) is 7.35. The number of methoxy groups -OCH3 is 1. The molecule has 0 saturated heterocycles. The van der Waals surface area contributed by atoms with Crippen LogP contribution in [-0.4, -0.2) is 48.4 Å². The second-order valence-corrected chi connectivity index (χ2v) is 9.67. The van der Waals surface area contributed by atoms with E-state index in [2.05, 4.69) is 16.7 Å². The first-order valence-electron chi connectivity index (χ1n) is 11.8. The topological polar surface area (TPSA) is 82.5 Å². The van der Waals surface area contributed by atoms with Crippen LogP contribution < -0.4 is 20.3 Å². The highest BCUT2D eigenvalue weighted by atomic mass is 16.5. The Bertz CT molecular complexity index is 1140. The molecule has 5 rings (SSSR count). The molecule has 7 nitrogen and oxygen atoms in total. The van der Waals surface area contributed by atoms with E-state index in [1.165, 1.54) is 19.3 Å². The molecular formula is C26H33N5O2. The van der Waals surface area contributed by atoms with Gasteiger partial charge in [-0.2, -0.15) is 4.98 Å². The van der Waals surface area contributed by atoms with E-state index in [4.69, 9.17) is 14.7 Å². The molecule has 0 aliphatic heterocycles. The smallest absolute Gasteiger partial charge is 0.225 e. The third kappa shape index (κ3) is 4.29. The van der Waals surface area contributed by atoms with E-state index >= 15 is 0 Å². The van der Waals surface area contributed by atoms with E-state index in [1.807, 2.05) is 49.3 Å². The molecule has 33 heavy (non-hydrogen) atoms. The van der Waals surface area contributed by atoms with Gasteiger partial charge in [0.2, 0.25) is 5.95 Å². The van der Waals surface area contributed by atoms with E-state index < -0.39 is 0 Å². The van der Waals surface area contributed by atoms with Crippen molar-refractivity contribution in [3.63, 3.8) is 0 Å². The molecule has 2 saturated carbocycles. The summed E-state index contributed by atoms with van der Waals surface area (Å²) in [7, 11) is 5.63. The number of phenolic OH excluding ortho intramolecular Hbond substituents is 1. The molecule has 1 aromatic heterocycles. The number of ether oxygens (including phenoxy) is 1. The first kappa shape index (κ1) is 21.8. The predicted octanol–water partition coefficient (Wildman–Crippen LogP) is 4.31. The van der Waals surface area contributed by atoms with Gasteiger partial charge in [0.05, 0.1) is 12.6 Å². The van der Waals surface area contributed by atoms with Crippen molar-refractivity contribution in [1.29, 1.82) is 0 Å². The second kappa shape index (κ2) is 8.71. The number of nitrogens with zero attached hydrogens (tertiary/aromatic N) is 3. The lowest BCUT2D eigenvalue weighted by molar-refractivity contribution is 0.295. The van der Waals surface area contributed by atoms with E-state index in [-0.39, 0.29) is 5.75 Å². The highest BCUT2D eigenvalue weighted by Gasteiger charge is 2.54. The van der Waals surface area contributed by atoms with Crippen LogP contribution in [0.25, 0.3) is 10.9 Å². The van der Waals surface area contributed by atoms with Crippen molar-refractivity contribution in [2.24, 2.45) is 5.41 Å². The van der Waals surface area contributed by atoms with Crippen LogP contribution in [0.3, 0.4) is 0 Å². The Hall–Kier alpha value is -3.06. The van der Waals surface area contributed by atoms with Gasteiger partial charge in [-0.3, -0.25) is 0 Å². The monoisotopic (exact) mass is 447 g/mol. The van der Waals surface area contributed by atoms with Crippen molar-refractivity contribution >= 4 is 22.7 Å². The molecule has 2 aliphatic carbocycles. The maximum absolute atomic E-state index is 10.3. The van der Waals surface area contributed by atoms with Crippen molar-refractivity contribution in [3.05, 3.63) is 48.0 Å². The van der Waals surface area contributed by atoms with E-state index in [9.17, 15) is 5.11 Å². The second-order valence-electron chi connectivity index (χ2n) is 9.67. The van der Waals surface area contributed by atoms with Crippen molar-refractivity contribution in [1.82, 2.24) is 15.3 Å². The lowest BCUT2D eigenvalue weighted by atomic mass is 9.83. The molecule has 1 atom stereocenters. The normalized spacial score (nSPS) is 24.1. The van der Waals surface area contributed by atoms with Gasteiger partial charge >= 0.3 is 0 Å². The summed E-state index contributed by atoms with van der Waals surface area (Å²) in [6.07, 6.45) is 5.84. The van der Waals surface area contributed by atoms with Crippen LogP contribution in [0.2, 0.25) is 0 Å². The maximum Gasteiger partial charge on any atom is 0.225 e. The minimum absolute atomic E-state index is 0.239. The molecule has 3 N–H and O–H groups in total. The summed E-state index contributed by atoms with van der Waals surface area (Å²) in [6, 6.07) is 14.7. The number of aromatic hydroxyl groups is 1. The number of benzene rings is 2. The van der Waals surface area contributed by atoms with Crippen LogP contribution in [0, 0.1) is 5.41 Å². The quantitative estimate of drug-likeness (QED) is 0.498. The number of rotatable bonds is 7. The molecule has 7 heteroatoms. The Morgan fingerprint density at radius 3 is 2.64 bits per heavy atom. The van der Waals surface area contributed by atoms with E-state index in [1.54, 1.807) is 13.2 Å². The lowest BCUT2D eigenvalue weighted by Gasteiger charge is -2.30. The average Bonchev–Trinajstić information content (AvgIpc) is 3.51. The van der Waals surface area contributed by atoms with Crippen molar-refractivity contribution in [2.45, 2.75) is 50.7 Å². The molecule has 0 radical (unpaired) electrons. The number of nitrogens with one attached hydrogen (secondary N) is 2. The fourth-order valence-electron chi connectivity index (χ4n) is 5.28. The first-order chi connectivity index (χ1) is 16.0. The molecular weight excluding hydrogens is 414 g/mol. The number of para-hydroxylation sites is 2.